The van der Waals surface area contributed by atoms with Crippen LogP contribution in [-0.4, -0.2) is 19.5 Å². The van der Waals surface area contributed by atoms with E-state index < -0.39 is 15.6 Å². The number of ether oxygens (including phenoxy) is 1. The highest BCUT2D eigenvalue weighted by Gasteiger charge is 2.26. The number of hydrogen-bond donors (Lipinski definition) is 0. The Balaban J connectivity index is 2.14. The lowest BCUT2D eigenvalue weighted by Gasteiger charge is -2.17. The monoisotopic (exact) mass is 405 g/mol. The van der Waals surface area contributed by atoms with Crippen LogP contribution in [0, 0.1) is 6.92 Å². The Labute approximate surface area is 168 Å². The first-order chi connectivity index (χ1) is 13.9. The van der Waals surface area contributed by atoms with Crippen LogP contribution in [0.4, 0.5) is 0 Å². The van der Waals surface area contributed by atoms with Crippen LogP contribution in [0.5, 0.6) is 5.75 Å². The average Bonchev–Trinajstić information content (AvgIpc) is 2.73. The Morgan fingerprint density at radius 1 is 0.828 bits per heavy atom. The van der Waals surface area contributed by atoms with Gasteiger partial charge in [-0.15, -0.1) is 0 Å². The minimum Gasteiger partial charge on any atom is -0.491 e. The van der Waals surface area contributed by atoms with Gasteiger partial charge in [0.2, 0.25) is 0 Å². The van der Waals surface area contributed by atoms with Gasteiger partial charge in [0.1, 0.15) is 0 Å². The Morgan fingerprint density at radius 3 is 2.10 bits per heavy atom. The fourth-order valence-electron chi connectivity index (χ4n) is 3.43. The Kier molecular flexibility index (Phi) is 4.72. The molecule has 4 aromatic rings. The topological polar surface area (TPSA) is 65.4 Å². The molecule has 0 aliphatic heterocycles. The summed E-state index contributed by atoms with van der Waals surface area (Å²) in [6.45, 7) is 1.87. The normalized spacial score (nSPS) is 11.5. The van der Waals surface area contributed by atoms with Crippen molar-refractivity contribution in [2.75, 3.05) is 7.11 Å². The van der Waals surface area contributed by atoms with E-state index in [1.165, 1.54) is 19.2 Å². The van der Waals surface area contributed by atoms with Crippen molar-refractivity contribution in [2.45, 2.75) is 11.8 Å². The number of rotatable bonds is 4. The van der Waals surface area contributed by atoms with Crippen LogP contribution in [0.25, 0.3) is 22.0 Å². The summed E-state index contributed by atoms with van der Waals surface area (Å²) >= 11 is 0. The van der Waals surface area contributed by atoms with E-state index in [9.17, 15) is 13.2 Å². The van der Waals surface area contributed by atoms with Gasteiger partial charge in [-0.2, -0.15) is 3.97 Å². The lowest BCUT2D eigenvalue weighted by Crippen LogP contribution is -2.29. The van der Waals surface area contributed by atoms with Crippen LogP contribution >= 0.6 is 0 Å². The molecule has 5 nitrogen and oxygen atoms in total. The number of methoxy groups -OCH3 is 1. The van der Waals surface area contributed by atoms with Crippen LogP contribution in [0.2, 0.25) is 0 Å². The van der Waals surface area contributed by atoms with Crippen LogP contribution in [0.3, 0.4) is 0 Å². The third-order valence-corrected chi connectivity index (χ3v) is 6.53. The molecule has 4 rings (SSSR count). The van der Waals surface area contributed by atoms with Crippen molar-refractivity contribution in [1.29, 1.82) is 0 Å². The van der Waals surface area contributed by atoms with Gasteiger partial charge in [0, 0.05) is 10.9 Å². The predicted octanol–water partition coefficient (Wildman–Crippen LogP) is 4.22. The second-order valence-corrected chi connectivity index (χ2v) is 8.47. The van der Waals surface area contributed by atoms with Gasteiger partial charge in [-0.25, -0.2) is 8.42 Å². The van der Waals surface area contributed by atoms with Gasteiger partial charge in [-0.05, 0) is 30.7 Å². The minimum absolute atomic E-state index is 0.00872. The molecule has 0 amide bonds. The molecule has 0 unspecified atom stereocenters. The summed E-state index contributed by atoms with van der Waals surface area (Å²) < 4.78 is 33.1. The van der Waals surface area contributed by atoms with Gasteiger partial charge < -0.3 is 4.74 Å². The zero-order valence-corrected chi connectivity index (χ0v) is 16.8. The molecule has 0 aliphatic carbocycles. The van der Waals surface area contributed by atoms with Crippen molar-refractivity contribution in [1.82, 2.24) is 3.97 Å². The molecule has 0 N–H and O–H groups in total. The molecular formula is C23H19NO4S. The number of aryl methyl sites for hydroxylation is 1. The van der Waals surface area contributed by atoms with Crippen LogP contribution < -0.4 is 10.3 Å². The van der Waals surface area contributed by atoms with Gasteiger partial charge in [0.25, 0.3) is 10.0 Å². The molecule has 0 saturated carbocycles. The summed E-state index contributed by atoms with van der Waals surface area (Å²) in [5, 5.41) is 0.617. The summed E-state index contributed by atoms with van der Waals surface area (Å²) in [7, 11) is -2.74. The number of aromatic nitrogens is 1. The molecule has 0 bridgehead atoms. The fourth-order valence-corrected chi connectivity index (χ4v) is 4.84. The molecule has 0 fully saturated rings. The third kappa shape index (κ3) is 3.11. The molecular weight excluding hydrogens is 386 g/mol. The first-order valence-electron chi connectivity index (χ1n) is 9.04. The zero-order chi connectivity index (χ0) is 20.6. The lowest BCUT2D eigenvalue weighted by atomic mass is 10.0. The second kappa shape index (κ2) is 7.22. The van der Waals surface area contributed by atoms with Crippen LogP contribution in [-0.2, 0) is 10.0 Å². The average molecular weight is 405 g/mol. The lowest BCUT2D eigenvalue weighted by molar-refractivity contribution is 0.409. The minimum atomic E-state index is -4.12. The van der Waals surface area contributed by atoms with Gasteiger partial charge >= 0.3 is 5.56 Å². The SMILES string of the molecule is COc1c(-c2ccccc2)c2ccccc2n(S(=O)(=O)c2ccc(C)cc2)c1=O. The van der Waals surface area contributed by atoms with E-state index in [4.69, 9.17) is 4.74 Å². The van der Waals surface area contributed by atoms with E-state index in [1.807, 2.05) is 43.3 Å². The molecule has 1 heterocycles. The largest absolute Gasteiger partial charge is 0.491 e. The predicted molar refractivity (Wildman–Crippen MR) is 114 cm³/mol. The van der Waals surface area contributed by atoms with E-state index in [-0.39, 0.29) is 10.6 Å². The van der Waals surface area contributed by atoms with Crippen LogP contribution in [0.15, 0.2) is 88.6 Å². The van der Waals surface area contributed by atoms with Crippen molar-refractivity contribution in [3.63, 3.8) is 0 Å². The van der Waals surface area contributed by atoms with Gasteiger partial charge in [-0.3, -0.25) is 4.79 Å². The molecule has 0 spiro atoms. The summed E-state index contributed by atoms with van der Waals surface area (Å²) in [6.07, 6.45) is 0. The molecule has 6 heteroatoms. The highest BCUT2D eigenvalue weighted by atomic mass is 32.2. The molecule has 146 valence electrons. The molecule has 0 saturated heterocycles. The summed E-state index contributed by atoms with van der Waals surface area (Å²) in [5.41, 5.74) is 1.86. The van der Waals surface area contributed by atoms with Gasteiger partial charge in [-0.1, -0.05) is 66.2 Å². The van der Waals surface area contributed by atoms with Crippen molar-refractivity contribution in [3.8, 4) is 16.9 Å². The fraction of sp³-hybridized carbons (Fsp3) is 0.0870. The quantitative estimate of drug-likeness (QED) is 0.510. The van der Waals surface area contributed by atoms with E-state index in [1.54, 1.807) is 30.3 Å². The zero-order valence-electron chi connectivity index (χ0n) is 16.0. The molecule has 29 heavy (non-hydrogen) atoms. The van der Waals surface area contributed by atoms with E-state index in [0.717, 1.165) is 15.1 Å². The number of nitrogens with zero attached hydrogens (tertiary/aromatic N) is 1. The first-order valence-corrected chi connectivity index (χ1v) is 10.5. The van der Waals surface area contributed by atoms with Crippen molar-refractivity contribution in [3.05, 3.63) is 94.8 Å². The van der Waals surface area contributed by atoms with Gasteiger partial charge in [0.15, 0.2) is 5.75 Å². The van der Waals surface area contributed by atoms with Crippen molar-refractivity contribution < 1.29 is 13.2 Å². The molecule has 1 aromatic heterocycles. The molecule has 3 aromatic carbocycles. The maximum absolute atomic E-state index is 13.4. The highest BCUT2D eigenvalue weighted by molar-refractivity contribution is 7.90. The second-order valence-electron chi connectivity index (χ2n) is 6.68. The Hall–Kier alpha value is -3.38. The number of para-hydroxylation sites is 1. The number of fused-ring (bicyclic) bond motifs is 1. The summed E-state index contributed by atoms with van der Waals surface area (Å²) in [4.78, 5) is 13.4. The summed E-state index contributed by atoms with van der Waals surface area (Å²) in [6, 6.07) is 22.7. The van der Waals surface area contributed by atoms with Crippen molar-refractivity contribution in [2.24, 2.45) is 0 Å². The smallest absolute Gasteiger partial charge is 0.308 e. The Morgan fingerprint density at radius 2 is 1.45 bits per heavy atom. The number of benzene rings is 3. The van der Waals surface area contributed by atoms with E-state index in [2.05, 4.69) is 0 Å². The van der Waals surface area contributed by atoms with E-state index >= 15 is 0 Å². The summed E-state index contributed by atoms with van der Waals surface area (Å²) in [5.74, 6) is -0.00872. The molecule has 0 aliphatic rings. The maximum Gasteiger partial charge on any atom is 0.308 e. The third-order valence-electron chi connectivity index (χ3n) is 4.82. The molecule has 0 atom stereocenters. The van der Waals surface area contributed by atoms with Crippen molar-refractivity contribution >= 4 is 20.9 Å². The first kappa shape index (κ1) is 19.0. The van der Waals surface area contributed by atoms with Gasteiger partial charge in [0.05, 0.1) is 17.5 Å². The number of pyridine rings is 1. The maximum atomic E-state index is 13.4. The highest BCUT2D eigenvalue weighted by Crippen LogP contribution is 2.35. The van der Waals surface area contributed by atoms with Crippen LogP contribution in [0.1, 0.15) is 5.56 Å². The Bertz CT molecular complexity index is 1360. The standard InChI is InChI=1S/C23H19NO4S/c1-16-12-14-18(15-13-16)29(26,27)24-20-11-7-6-10-19(20)21(22(28-2)23(24)25)17-8-4-3-5-9-17/h3-15H,1-2H3. The number of hydrogen-bond acceptors (Lipinski definition) is 4. The van der Waals surface area contributed by atoms with E-state index in [0.29, 0.717) is 16.5 Å². The molecule has 0 radical (unpaired) electrons.